The third kappa shape index (κ3) is 4.25. The maximum Gasteiger partial charge on any atom is 0.295 e. The van der Waals surface area contributed by atoms with Gasteiger partial charge in [0.25, 0.3) is 5.69 Å². The van der Waals surface area contributed by atoms with E-state index in [0.29, 0.717) is 12.2 Å². The second-order valence-corrected chi connectivity index (χ2v) is 4.88. The molecule has 0 fully saturated rings. The Morgan fingerprint density at radius 2 is 2.11 bits per heavy atom. The first kappa shape index (κ1) is 14.9. The minimum atomic E-state index is -0.627. The summed E-state index contributed by atoms with van der Waals surface area (Å²) in [5, 5.41) is 13.8. The number of nitro benzene ring substituents is 1. The monoisotopic (exact) mass is 318 g/mol. The number of nitro groups is 1. The van der Waals surface area contributed by atoms with Gasteiger partial charge in [-0.05, 0) is 28.4 Å². The van der Waals surface area contributed by atoms with Gasteiger partial charge in [-0.1, -0.05) is 26.2 Å². The quantitative estimate of drug-likeness (QED) is 0.458. The largest absolute Gasteiger partial charge is 0.379 e. The highest BCUT2D eigenvalue weighted by molar-refractivity contribution is 9.10. The molecule has 0 aromatic heterocycles. The number of nitrogens with zero attached hydrogens (tertiary/aromatic N) is 1. The van der Waals surface area contributed by atoms with E-state index in [1.165, 1.54) is 6.07 Å². The third-order valence-electron chi connectivity index (χ3n) is 2.58. The lowest BCUT2D eigenvalue weighted by molar-refractivity contribution is -0.384. The fraction of sp³-hybridized carbons (Fsp3) is 0.500. The zero-order chi connectivity index (χ0) is 13.5. The van der Waals surface area contributed by atoms with Crippen LogP contribution in [0, 0.1) is 15.9 Å². The summed E-state index contributed by atoms with van der Waals surface area (Å²) in [5.74, 6) is -0.627. The Morgan fingerprint density at radius 3 is 2.72 bits per heavy atom. The zero-order valence-electron chi connectivity index (χ0n) is 10.2. The first-order valence-electron chi connectivity index (χ1n) is 5.93. The molecule has 1 rings (SSSR count). The Kier molecular flexibility index (Phi) is 6.04. The van der Waals surface area contributed by atoms with Crippen molar-refractivity contribution in [2.45, 2.75) is 32.6 Å². The van der Waals surface area contributed by atoms with Crippen molar-refractivity contribution in [2.75, 3.05) is 11.9 Å². The third-order valence-corrected chi connectivity index (χ3v) is 3.19. The first-order valence-corrected chi connectivity index (χ1v) is 6.73. The molecule has 0 spiro atoms. The molecule has 1 aromatic carbocycles. The average Bonchev–Trinajstić information content (AvgIpc) is 2.32. The summed E-state index contributed by atoms with van der Waals surface area (Å²) in [6, 6.07) is 2.34. The lowest BCUT2D eigenvalue weighted by Gasteiger charge is -2.08. The first-order chi connectivity index (χ1) is 8.56. The van der Waals surface area contributed by atoms with E-state index in [1.54, 1.807) is 0 Å². The Bertz CT molecular complexity index is 427. The van der Waals surface area contributed by atoms with Crippen molar-refractivity contribution in [3.63, 3.8) is 0 Å². The van der Waals surface area contributed by atoms with E-state index in [9.17, 15) is 14.5 Å². The number of nitrogens with one attached hydrogen (secondary N) is 1. The van der Waals surface area contributed by atoms with Gasteiger partial charge in [-0.2, -0.15) is 0 Å². The fourth-order valence-electron chi connectivity index (χ4n) is 1.60. The Balaban J connectivity index is 2.68. The van der Waals surface area contributed by atoms with Crippen LogP contribution in [0.2, 0.25) is 0 Å². The summed E-state index contributed by atoms with van der Waals surface area (Å²) in [4.78, 5) is 10.2. The number of benzene rings is 1. The second-order valence-electron chi connectivity index (χ2n) is 4.03. The predicted octanol–water partition coefficient (Wildman–Crippen LogP) is 4.49. The normalized spacial score (nSPS) is 10.4. The SMILES string of the molecule is CCCCCCNc1cc(Br)c(F)cc1[N+](=O)[O-]. The van der Waals surface area contributed by atoms with Crippen LogP contribution in [0.3, 0.4) is 0 Å². The van der Waals surface area contributed by atoms with Gasteiger partial charge in [0.05, 0.1) is 15.5 Å². The molecule has 6 heteroatoms. The predicted molar refractivity (Wildman–Crippen MR) is 73.4 cm³/mol. The summed E-state index contributed by atoms with van der Waals surface area (Å²) in [6.07, 6.45) is 4.32. The number of hydrogen-bond donors (Lipinski definition) is 1. The topological polar surface area (TPSA) is 55.2 Å². The number of unbranched alkanes of at least 4 members (excludes halogenated alkanes) is 3. The highest BCUT2D eigenvalue weighted by Crippen LogP contribution is 2.30. The van der Waals surface area contributed by atoms with Crippen LogP contribution in [0.1, 0.15) is 32.6 Å². The Morgan fingerprint density at radius 1 is 1.39 bits per heavy atom. The molecular weight excluding hydrogens is 303 g/mol. The van der Waals surface area contributed by atoms with Crippen molar-refractivity contribution in [3.05, 3.63) is 32.5 Å². The van der Waals surface area contributed by atoms with Gasteiger partial charge in [0.2, 0.25) is 0 Å². The molecule has 4 nitrogen and oxygen atoms in total. The van der Waals surface area contributed by atoms with Crippen LogP contribution < -0.4 is 5.32 Å². The van der Waals surface area contributed by atoms with E-state index in [0.717, 1.165) is 31.7 Å². The van der Waals surface area contributed by atoms with Crippen molar-refractivity contribution in [3.8, 4) is 0 Å². The van der Waals surface area contributed by atoms with E-state index in [1.807, 2.05) is 0 Å². The lowest BCUT2D eigenvalue weighted by Crippen LogP contribution is -2.05. The molecular formula is C12H16BrFN2O2. The summed E-state index contributed by atoms with van der Waals surface area (Å²) in [6.45, 7) is 2.77. The molecule has 0 amide bonds. The zero-order valence-corrected chi connectivity index (χ0v) is 11.8. The molecule has 18 heavy (non-hydrogen) atoms. The van der Waals surface area contributed by atoms with Crippen molar-refractivity contribution < 1.29 is 9.31 Å². The lowest BCUT2D eigenvalue weighted by atomic mass is 10.2. The summed E-state index contributed by atoms with van der Waals surface area (Å²) in [7, 11) is 0. The molecule has 0 heterocycles. The molecule has 0 aliphatic rings. The van der Waals surface area contributed by atoms with Crippen molar-refractivity contribution in [2.24, 2.45) is 0 Å². The van der Waals surface area contributed by atoms with Crippen LogP contribution in [0.15, 0.2) is 16.6 Å². The molecule has 0 atom stereocenters. The molecule has 0 saturated heterocycles. The van der Waals surface area contributed by atoms with Crippen LogP contribution in [-0.4, -0.2) is 11.5 Å². The Labute approximate surface area is 114 Å². The molecule has 0 bridgehead atoms. The molecule has 0 unspecified atom stereocenters. The van der Waals surface area contributed by atoms with E-state index < -0.39 is 10.7 Å². The maximum absolute atomic E-state index is 13.2. The molecule has 0 saturated carbocycles. The van der Waals surface area contributed by atoms with Gasteiger partial charge in [0.15, 0.2) is 0 Å². The minimum Gasteiger partial charge on any atom is -0.379 e. The van der Waals surface area contributed by atoms with E-state index >= 15 is 0 Å². The summed E-state index contributed by atoms with van der Waals surface area (Å²) >= 11 is 3.03. The molecule has 0 aliphatic carbocycles. The number of hydrogen-bond acceptors (Lipinski definition) is 3. The summed E-state index contributed by atoms with van der Waals surface area (Å²) in [5.41, 5.74) is 0.121. The average molecular weight is 319 g/mol. The van der Waals surface area contributed by atoms with E-state index in [-0.39, 0.29) is 10.2 Å². The fourth-order valence-corrected chi connectivity index (χ4v) is 1.95. The van der Waals surface area contributed by atoms with Gasteiger partial charge >= 0.3 is 0 Å². The Hall–Kier alpha value is -1.17. The highest BCUT2D eigenvalue weighted by atomic mass is 79.9. The van der Waals surface area contributed by atoms with Crippen LogP contribution in [0.5, 0.6) is 0 Å². The standard InChI is InChI=1S/C12H16BrFN2O2/c1-2-3-4-5-6-15-11-7-9(13)10(14)8-12(11)16(17)18/h7-8,15H,2-6H2,1H3. The van der Waals surface area contributed by atoms with Crippen molar-refractivity contribution >= 4 is 27.3 Å². The molecule has 1 N–H and O–H groups in total. The number of rotatable bonds is 7. The van der Waals surface area contributed by atoms with Gasteiger partial charge in [0, 0.05) is 6.54 Å². The van der Waals surface area contributed by atoms with Crippen molar-refractivity contribution in [1.29, 1.82) is 0 Å². The maximum atomic E-state index is 13.2. The molecule has 100 valence electrons. The highest BCUT2D eigenvalue weighted by Gasteiger charge is 2.17. The molecule has 1 aromatic rings. The van der Waals surface area contributed by atoms with Crippen LogP contribution in [-0.2, 0) is 0 Å². The van der Waals surface area contributed by atoms with Crippen molar-refractivity contribution in [1.82, 2.24) is 0 Å². The van der Waals surface area contributed by atoms with Gasteiger partial charge in [0.1, 0.15) is 11.5 Å². The van der Waals surface area contributed by atoms with Crippen LogP contribution >= 0.6 is 15.9 Å². The molecule has 0 radical (unpaired) electrons. The van der Waals surface area contributed by atoms with Crippen LogP contribution in [0.4, 0.5) is 15.8 Å². The number of halogens is 2. The smallest absolute Gasteiger partial charge is 0.295 e. The minimum absolute atomic E-state index is 0.226. The van der Waals surface area contributed by atoms with Gasteiger partial charge in [-0.15, -0.1) is 0 Å². The second kappa shape index (κ2) is 7.31. The van der Waals surface area contributed by atoms with E-state index in [2.05, 4.69) is 28.2 Å². The molecule has 0 aliphatic heterocycles. The van der Waals surface area contributed by atoms with Gasteiger partial charge < -0.3 is 5.32 Å². The van der Waals surface area contributed by atoms with Gasteiger partial charge in [-0.25, -0.2) is 4.39 Å². The van der Waals surface area contributed by atoms with E-state index in [4.69, 9.17) is 0 Å². The number of anilines is 1. The van der Waals surface area contributed by atoms with Gasteiger partial charge in [-0.3, -0.25) is 10.1 Å². The summed E-state index contributed by atoms with van der Waals surface area (Å²) < 4.78 is 13.5. The van der Waals surface area contributed by atoms with Crippen LogP contribution in [0.25, 0.3) is 0 Å².